The van der Waals surface area contributed by atoms with E-state index in [4.69, 9.17) is 29.1 Å². The molecule has 2 aliphatic heterocycles. The number of likely N-dealkylation sites (tertiary alicyclic amines) is 1. The molecule has 1 unspecified atom stereocenters. The highest BCUT2D eigenvalue weighted by molar-refractivity contribution is 8.01. The van der Waals surface area contributed by atoms with E-state index in [1.807, 2.05) is 38.2 Å². The molecule has 1 atom stereocenters. The quantitative estimate of drug-likeness (QED) is 0.502. The third kappa shape index (κ3) is 9.47. The number of halogens is 6. The normalized spacial score (nSPS) is 18.6. The molecule has 1 spiro atoms. The van der Waals surface area contributed by atoms with Crippen LogP contribution in [0.15, 0.2) is 28.9 Å². The second kappa shape index (κ2) is 12.8. The van der Waals surface area contributed by atoms with Crippen molar-refractivity contribution in [2.75, 3.05) is 18.8 Å². The molecule has 0 aromatic carbocycles. The highest BCUT2D eigenvalue weighted by Gasteiger charge is 2.49. The van der Waals surface area contributed by atoms with E-state index in [0.717, 1.165) is 49.0 Å². The Balaban J connectivity index is 0.000000301. The summed E-state index contributed by atoms with van der Waals surface area (Å²) in [5.41, 5.74) is 3.27. The average Bonchev–Trinajstić information content (AvgIpc) is 3.37. The average molecular weight is 574 g/mol. The Bertz CT molecular complexity index is 1030. The molecule has 2 N–H and O–H groups in total. The summed E-state index contributed by atoms with van der Waals surface area (Å²) < 4.78 is 75.2. The fourth-order valence-electron chi connectivity index (χ4n) is 3.65. The van der Waals surface area contributed by atoms with Gasteiger partial charge >= 0.3 is 24.3 Å². The SMILES string of the molecule is Cc1noc(C)c1CN1CC2(CC(OCc3ccccn3)CS2)C1.O=C(O)C(F)(F)F.O=C(O)C(F)(F)F. The maximum atomic E-state index is 10.6. The van der Waals surface area contributed by atoms with Crippen molar-refractivity contribution in [3.8, 4) is 0 Å². The largest absolute Gasteiger partial charge is 0.490 e. The second-order valence-corrected chi connectivity index (χ2v) is 9.99. The number of carbonyl (C=O) groups is 2. The maximum absolute atomic E-state index is 10.6. The van der Waals surface area contributed by atoms with Gasteiger partial charge in [0.15, 0.2) is 0 Å². The van der Waals surface area contributed by atoms with Gasteiger partial charge in [-0.25, -0.2) is 9.59 Å². The smallest absolute Gasteiger partial charge is 0.475 e. The van der Waals surface area contributed by atoms with Crippen LogP contribution in [0.25, 0.3) is 0 Å². The van der Waals surface area contributed by atoms with Crippen molar-refractivity contribution >= 4 is 23.7 Å². The van der Waals surface area contributed by atoms with Gasteiger partial charge in [0.2, 0.25) is 0 Å². The summed E-state index contributed by atoms with van der Waals surface area (Å²) >= 11 is 2.07. The molecule has 0 aliphatic carbocycles. The Kier molecular flexibility index (Phi) is 10.6. The highest BCUT2D eigenvalue weighted by Crippen LogP contribution is 2.46. The fraction of sp³-hybridized carbons (Fsp3) is 0.545. The zero-order chi connectivity index (χ0) is 28.7. The Labute approximate surface area is 217 Å². The molecule has 4 rings (SSSR count). The van der Waals surface area contributed by atoms with Crippen molar-refractivity contribution < 1.29 is 55.4 Å². The molecule has 0 amide bonds. The van der Waals surface area contributed by atoms with Crippen LogP contribution < -0.4 is 0 Å². The Hall–Kier alpha value is -2.85. The van der Waals surface area contributed by atoms with E-state index in [-0.39, 0.29) is 0 Å². The molecule has 9 nitrogen and oxygen atoms in total. The summed E-state index contributed by atoms with van der Waals surface area (Å²) in [7, 11) is 0. The summed E-state index contributed by atoms with van der Waals surface area (Å²) in [6, 6.07) is 5.97. The first-order valence-electron chi connectivity index (χ1n) is 10.9. The number of aromatic nitrogens is 2. The van der Waals surface area contributed by atoms with Crippen LogP contribution in [0.2, 0.25) is 0 Å². The summed E-state index contributed by atoms with van der Waals surface area (Å²) in [6.07, 6.45) is -6.86. The van der Waals surface area contributed by atoms with Gasteiger partial charge in [0.05, 0.1) is 24.1 Å². The van der Waals surface area contributed by atoms with Crippen molar-refractivity contribution in [3.05, 3.63) is 47.1 Å². The number of aliphatic carboxylic acids is 2. The van der Waals surface area contributed by atoms with Gasteiger partial charge in [0, 0.05) is 41.9 Å². The van der Waals surface area contributed by atoms with E-state index in [9.17, 15) is 26.3 Å². The van der Waals surface area contributed by atoms with Crippen LogP contribution in [-0.4, -0.2) is 79.2 Å². The van der Waals surface area contributed by atoms with Gasteiger partial charge < -0.3 is 19.5 Å². The first-order chi connectivity index (χ1) is 17.5. The van der Waals surface area contributed by atoms with Gasteiger partial charge in [-0.2, -0.15) is 26.3 Å². The predicted molar refractivity (Wildman–Crippen MR) is 121 cm³/mol. The number of nitrogens with zero attached hydrogens (tertiary/aromatic N) is 3. The molecule has 212 valence electrons. The summed E-state index contributed by atoms with van der Waals surface area (Å²) in [5, 5.41) is 18.3. The van der Waals surface area contributed by atoms with Gasteiger partial charge in [-0.3, -0.25) is 9.88 Å². The second-order valence-electron chi connectivity index (χ2n) is 8.51. The minimum atomic E-state index is -5.08. The van der Waals surface area contributed by atoms with Gasteiger partial charge in [-0.1, -0.05) is 11.2 Å². The number of pyridine rings is 1. The Morgan fingerprint density at radius 1 is 1.13 bits per heavy atom. The fourth-order valence-corrected chi connectivity index (χ4v) is 5.25. The third-order valence-electron chi connectivity index (χ3n) is 5.44. The van der Waals surface area contributed by atoms with E-state index in [1.165, 1.54) is 5.56 Å². The molecule has 0 saturated carbocycles. The zero-order valence-electron chi connectivity index (χ0n) is 20.2. The molecule has 2 fully saturated rings. The Morgan fingerprint density at radius 2 is 1.71 bits per heavy atom. The molecule has 2 aromatic heterocycles. The lowest BCUT2D eigenvalue weighted by Gasteiger charge is -2.47. The molecule has 16 heteroatoms. The lowest BCUT2D eigenvalue weighted by atomic mass is 9.92. The third-order valence-corrected chi connectivity index (χ3v) is 7.02. The van der Waals surface area contributed by atoms with E-state index >= 15 is 0 Å². The van der Waals surface area contributed by atoms with Crippen molar-refractivity contribution in [2.45, 2.75) is 56.6 Å². The van der Waals surface area contributed by atoms with Crippen LogP contribution in [0.1, 0.15) is 29.1 Å². The van der Waals surface area contributed by atoms with Gasteiger partial charge in [0.1, 0.15) is 5.76 Å². The van der Waals surface area contributed by atoms with Crippen molar-refractivity contribution in [3.63, 3.8) is 0 Å². The lowest BCUT2D eigenvalue weighted by Crippen LogP contribution is -2.58. The zero-order valence-corrected chi connectivity index (χ0v) is 21.0. The van der Waals surface area contributed by atoms with Gasteiger partial charge in [-0.15, -0.1) is 11.8 Å². The lowest BCUT2D eigenvalue weighted by molar-refractivity contribution is -0.193. The van der Waals surface area contributed by atoms with Crippen LogP contribution in [0.3, 0.4) is 0 Å². The molecular formula is C22H25F6N3O6S. The number of ether oxygens (including phenoxy) is 1. The summed E-state index contributed by atoms with van der Waals surface area (Å²) in [6.45, 7) is 7.84. The molecule has 2 saturated heterocycles. The van der Waals surface area contributed by atoms with Crippen LogP contribution in [-0.2, 0) is 27.5 Å². The van der Waals surface area contributed by atoms with Gasteiger partial charge in [-0.05, 0) is 32.4 Å². The van der Waals surface area contributed by atoms with Crippen molar-refractivity contribution in [1.82, 2.24) is 15.0 Å². The van der Waals surface area contributed by atoms with E-state index in [2.05, 4.69) is 26.8 Å². The van der Waals surface area contributed by atoms with E-state index in [1.54, 1.807) is 0 Å². The topological polar surface area (TPSA) is 126 Å². The van der Waals surface area contributed by atoms with Crippen LogP contribution in [0.5, 0.6) is 0 Å². The number of carboxylic acid groups (broad SMARTS) is 2. The standard InChI is InChI=1S/C18H23N3O2S.2C2HF3O2/c1-13-17(14(2)23-20-13)8-21-11-18(12-21)7-16(10-24-18)22-9-15-5-3-4-6-19-15;2*3-2(4,5)1(6)7/h3-6,16H,7-12H2,1-2H3;2*(H,6,7). The molecule has 0 bridgehead atoms. The summed E-state index contributed by atoms with van der Waals surface area (Å²) in [5.74, 6) is -3.48. The molecular weight excluding hydrogens is 548 g/mol. The predicted octanol–water partition coefficient (Wildman–Crippen LogP) is 4.23. The number of alkyl halides is 6. The van der Waals surface area contributed by atoms with Crippen molar-refractivity contribution in [1.29, 1.82) is 0 Å². The van der Waals surface area contributed by atoms with E-state index in [0.29, 0.717) is 17.5 Å². The first-order valence-corrected chi connectivity index (χ1v) is 11.9. The van der Waals surface area contributed by atoms with E-state index < -0.39 is 24.3 Å². The molecule has 4 heterocycles. The Morgan fingerprint density at radius 3 is 2.16 bits per heavy atom. The number of carboxylic acids is 2. The number of thioether (sulfide) groups is 1. The number of hydrogen-bond donors (Lipinski definition) is 2. The number of rotatable bonds is 5. The first kappa shape index (κ1) is 31.4. The van der Waals surface area contributed by atoms with Gasteiger partial charge in [0.25, 0.3) is 0 Å². The number of aryl methyl sites for hydroxylation is 2. The summed E-state index contributed by atoms with van der Waals surface area (Å²) in [4.78, 5) is 24.6. The minimum absolute atomic E-state index is 0.346. The monoisotopic (exact) mass is 573 g/mol. The maximum Gasteiger partial charge on any atom is 0.490 e. The highest BCUT2D eigenvalue weighted by atomic mass is 32.2. The molecule has 2 aromatic rings. The molecule has 0 radical (unpaired) electrons. The van der Waals surface area contributed by atoms with Crippen molar-refractivity contribution in [2.24, 2.45) is 0 Å². The van der Waals surface area contributed by atoms with Crippen LogP contribution in [0.4, 0.5) is 26.3 Å². The molecule has 2 aliphatic rings. The molecule has 38 heavy (non-hydrogen) atoms. The minimum Gasteiger partial charge on any atom is -0.475 e. The number of hydrogen-bond acceptors (Lipinski definition) is 8. The van der Waals surface area contributed by atoms with Crippen LogP contribution >= 0.6 is 11.8 Å². The van der Waals surface area contributed by atoms with Crippen LogP contribution in [0, 0.1) is 13.8 Å².